The van der Waals surface area contributed by atoms with Gasteiger partial charge in [-0.1, -0.05) is 12.1 Å². The van der Waals surface area contributed by atoms with Crippen LogP contribution in [0.3, 0.4) is 0 Å². The van der Waals surface area contributed by atoms with Crippen molar-refractivity contribution in [3.63, 3.8) is 0 Å². The van der Waals surface area contributed by atoms with Crippen LogP contribution in [0.5, 0.6) is 0 Å². The lowest BCUT2D eigenvalue weighted by molar-refractivity contribution is -0.130. The molecule has 2 heterocycles. The van der Waals surface area contributed by atoms with Crippen LogP contribution >= 0.6 is 0 Å². The number of anilines is 1. The number of carbonyl (C=O) groups excluding carboxylic acids is 3. The average molecular weight is 356 g/mol. The van der Waals surface area contributed by atoms with E-state index in [-0.39, 0.29) is 17.6 Å². The minimum absolute atomic E-state index is 0.0350. The van der Waals surface area contributed by atoms with Gasteiger partial charge >= 0.3 is 0 Å². The molecular formula is C21H28N2O3. The quantitative estimate of drug-likeness (QED) is 0.779. The van der Waals surface area contributed by atoms with Crippen molar-refractivity contribution in [1.29, 1.82) is 0 Å². The van der Waals surface area contributed by atoms with Crippen LogP contribution in [0.2, 0.25) is 0 Å². The summed E-state index contributed by atoms with van der Waals surface area (Å²) in [7, 11) is 0. The van der Waals surface area contributed by atoms with Crippen molar-refractivity contribution in [2.45, 2.75) is 52.4 Å². The molecule has 0 spiro atoms. The predicted molar refractivity (Wildman–Crippen MR) is 101 cm³/mol. The molecule has 1 aromatic carbocycles. The van der Waals surface area contributed by atoms with Crippen LogP contribution in [0.1, 0.15) is 61.9 Å². The fourth-order valence-corrected chi connectivity index (χ4v) is 4.09. The number of piperidine rings is 1. The minimum atomic E-state index is 0.0350. The third-order valence-electron chi connectivity index (χ3n) is 5.75. The Morgan fingerprint density at radius 1 is 1.04 bits per heavy atom. The Bertz CT molecular complexity index is 705. The number of amides is 2. The number of nitrogens with zero attached hydrogens (tertiary/aromatic N) is 2. The molecule has 0 unspecified atom stereocenters. The number of hydrogen-bond donors (Lipinski definition) is 0. The molecule has 0 atom stereocenters. The molecule has 26 heavy (non-hydrogen) atoms. The van der Waals surface area contributed by atoms with Crippen LogP contribution < -0.4 is 4.90 Å². The number of ketones is 1. The maximum absolute atomic E-state index is 12.7. The van der Waals surface area contributed by atoms with Gasteiger partial charge in [-0.05, 0) is 49.7 Å². The molecule has 2 aliphatic rings. The molecule has 1 saturated heterocycles. The molecular weight excluding hydrogens is 328 g/mol. The molecule has 0 saturated carbocycles. The van der Waals surface area contributed by atoms with E-state index in [1.165, 1.54) is 0 Å². The Hall–Kier alpha value is -2.17. The van der Waals surface area contributed by atoms with E-state index in [9.17, 15) is 14.4 Å². The minimum Gasteiger partial charge on any atom is -0.343 e. The largest absolute Gasteiger partial charge is 0.343 e. The van der Waals surface area contributed by atoms with Crippen molar-refractivity contribution in [3.05, 3.63) is 29.3 Å². The second-order valence-corrected chi connectivity index (χ2v) is 7.53. The third kappa shape index (κ3) is 4.14. The van der Waals surface area contributed by atoms with E-state index in [4.69, 9.17) is 0 Å². The highest BCUT2D eigenvalue weighted by atomic mass is 16.2. The van der Waals surface area contributed by atoms with Crippen molar-refractivity contribution < 1.29 is 14.4 Å². The normalized spacial score (nSPS) is 17.8. The first-order valence-corrected chi connectivity index (χ1v) is 9.65. The van der Waals surface area contributed by atoms with Gasteiger partial charge in [0.05, 0.1) is 0 Å². The highest BCUT2D eigenvalue weighted by molar-refractivity contribution is 5.99. The highest BCUT2D eigenvalue weighted by Gasteiger charge is 2.23. The summed E-state index contributed by atoms with van der Waals surface area (Å²) in [6.45, 7) is 5.54. The molecule has 2 aliphatic heterocycles. The summed E-state index contributed by atoms with van der Waals surface area (Å²) >= 11 is 0. The number of carbonyl (C=O) groups is 3. The van der Waals surface area contributed by atoms with Crippen molar-refractivity contribution in [2.24, 2.45) is 5.92 Å². The van der Waals surface area contributed by atoms with E-state index >= 15 is 0 Å². The number of fused-ring (bicyclic) bond motifs is 1. The van der Waals surface area contributed by atoms with Gasteiger partial charge in [-0.15, -0.1) is 0 Å². The number of aryl methyl sites for hydroxylation is 1. The fraction of sp³-hybridized carbons (Fsp3) is 0.571. The van der Waals surface area contributed by atoms with Gasteiger partial charge in [0.1, 0.15) is 0 Å². The summed E-state index contributed by atoms with van der Waals surface area (Å²) in [5, 5.41) is 0. The number of benzene rings is 1. The number of likely N-dealkylation sites (tertiary alicyclic amines) is 1. The molecule has 0 radical (unpaired) electrons. The van der Waals surface area contributed by atoms with Gasteiger partial charge < -0.3 is 9.80 Å². The maximum atomic E-state index is 12.7. The Balaban J connectivity index is 1.60. The van der Waals surface area contributed by atoms with Gasteiger partial charge in [0.15, 0.2) is 5.78 Å². The molecule has 1 fully saturated rings. The molecule has 0 aliphatic carbocycles. The van der Waals surface area contributed by atoms with Gasteiger partial charge in [-0.2, -0.15) is 0 Å². The number of rotatable bonds is 4. The molecule has 1 aromatic rings. The van der Waals surface area contributed by atoms with Crippen LogP contribution in [-0.2, 0) is 16.0 Å². The second kappa shape index (κ2) is 8.02. The number of Topliss-reactive ketones (excluding diaryl/α,β-unsaturated/α-hetero) is 1. The van der Waals surface area contributed by atoms with E-state index in [0.29, 0.717) is 17.9 Å². The Kier molecular flexibility index (Phi) is 5.74. The standard InChI is InChI=1S/C21H28N2O3/c1-15(24)22-12-9-17(10-13-22)5-8-21(26)19-7-6-18-4-3-11-23(16(2)25)20(18)14-19/h6-7,14,17H,3-5,8-13H2,1-2H3. The zero-order chi connectivity index (χ0) is 18.7. The molecule has 5 heteroatoms. The van der Waals surface area contributed by atoms with Gasteiger partial charge in [-0.3, -0.25) is 14.4 Å². The first-order valence-electron chi connectivity index (χ1n) is 9.65. The van der Waals surface area contributed by atoms with E-state index in [1.54, 1.807) is 18.7 Å². The van der Waals surface area contributed by atoms with Crippen LogP contribution in [0, 0.1) is 5.92 Å². The molecule has 5 nitrogen and oxygen atoms in total. The van der Waals surface area contributed by atoms with Crippen LogP contribution in [0.25, 0.3) is 0 Å². The summed E-state index contributed by atoms with van der Waals surface area (Å²) in [5.74, 6) is 0.841. The lowest BCUT2D eigenvalue weighted by Gasteiger charge is -2.31. The second-order valence-electron chi connectivity index (χ2n) is 7.53. The van der Waals surface area contributed by atoms with Crippen molar-refractivity contribution in [3.8, 4) is 0 Å². The van der Waals surface area contributed by atoms with E-state index < -0.39 is 0 Å². The van der Waals surface area contributed by atoms with E-state index in [1.807, 2.05) is 23.1 Å². The Morgan fingerprint density at radius 2 is 1.77 bits per heavy atom. The lowest BCUT2D eigenvalue weighted by atomic mass is 9.89. The van der Waals surface area contributed by atoms with Gasteiger partial charge in [-0.25, -0.2) is 0 Å². The van der Waals surface area contributed by atoms with Crippen LogP contribution in [0.4, 0.5) is 5.69 Å². The summed E-state index contributed by atoms with van der Waals surface area (Å²) in [5.41, 5.74) is 2.77. The molecule has 140 valence electrons. The number of hydrogen-bond acceptors (Lipinski definition) is 3. The molecule has 2 amide bonds. The summed E-state index contributed by atoms with van der Waals surface area (Å²) in [6, 6.07) is 5.81. The zero-order valence-corrected chi connectivity index (χ0v) is 15.8. The fourth-order valence-electron chi connectivity index (χ4n) is 4.09. The van der Waals surface area contributed by atoms with E-state index in [2.05, 4.69) is 0 Å². The first-order chi connectivity index (χ1) is 12.5. The summed E-state index contributed by atoms with van der Waals surface area (Å²) in [4.78, 5) is 39.6. The van der Waals surface area contributed by atoms with Gasteiger partial charge in [0.2, 0.25) is 11.8 Å². The van der Waals surface area contributed by atoms with Crippen LogP contribution in [-0.4, -0.2) is 42.1 Å². The smallest absolute Gasteiger partial charge is 0.223 e. The first kappa shape index (κ1) is 18.6. The maximum Gasteiger partial charge on any atom is 0.223 e. The van der Waals surface area contributed by atoms with Gasteiger partial charge in [0, 0.05) is 51.2 Å². The van der Waals surface area contributed by atoms with Crippen molar-refractivity contribution in [1.82, 2.24) is 4.90 Å². The van der Waals surface area contributed by atoms with Gasteiger partial charge in [0.25, 0.3) is 0 Å². The molecule has 3 rings (SSSR count). The third-order valence-corrected chi connectivity index (χ3v) is 5.75. The molecule has 0 N–H and O–H groups in total. The van der Waals surface area contributed by atoms with Crippen LogP contribution in [0.15, 0.2) is 18.2 Å². The molecule has 0 bridgehead atoms. The summed E-state index contributed by atoms with van der Waals surface area (Å²) in [6.07, 6.45) is 5.30. The van der Waals surface area contributed by atoms with Crippen molar-refractivity contribution >= 4 is 23.3 Å². The van der Waals surface area contributed by atoms with Crippen molar-refractivity contribution in [2.75, 3.05) is 24.5 Å². The molecule has 0 aromatic heterocycles. The average Bonchev–Trinajstić information content (AvgIpc) is 2.65. The predicted octanol–water partition coefficient (Wildman–Crippen LogP) is 3.21. The highest BCUT2D eigenvalue weighted by Crippen LogP contribution is 2.29. The lowest BCUT2D eigenvalue weighted by Crippen LogP contribution is -2.37. The summed E-state index contributed by atoms with van der Waals surface area (Å²) < 4.78 is 0. The SMILES string of the molecule is CC(=O)N1CCC(CCC(=O)c2ccc3c(c2)N(C(C)=O)CCC3)CC1. The Morgan fingerprint density at radius 3 is 2.42 bits per heavy atom. The topological polar surface area (TPSA) is 57.7 Å². The monoisotopic (exact) mass is 356 g/mol. The zero-order valence-electron chi connectivity index (χ0n) is 15.8. The van der Waals surface area contributed by atoms with E-state index in [0.717, 1.165) is 63.0 Å². The Labute approximate surface area is 155 Å².